The van der Waals surface area contributed by atoms with Crippen LogP contribution in [0.1, 0.15) is 23.9 Å². The van der Waals surface area contributed by atoms with Gasteiger partial charge in [0.2, 0.25) is 0 Å². The fourth-order valence-electron chi connectivity index (χ4n) is 2.34. The summed E-state index contributed by atoms with van der Waals surface area (Å²) in [4.78, 5) is 22.2. The number of esters is 1. The van der Waals surface area contributed by atoms with Gasteiger partial charge in [0, 0.05) is 23.4 Å². The van der Waals surface area contributed by atoms with Gasteiger partial charge in [-0.2, -0.15) is 10.4 Å². The number of nitro benzene ring substituents is 1. The molecule has 0 saturated carbocycles. The molecule has 0 aliphatic rings. The highest BCUT2D eigenvalue weighted by Gasteiger charge is 2.17. The topological polar surface area (TPSA) is 111 Å². The van der Waals surface area contributed by atoms with E-state index in [0.29, 0.717) is 22.6 Å². The summed E-state index contributed by atoms with van der Waals surface area (Å²) >= 11 is 0. The second kappa shape index (κ2) is 7.40. The van der Waals surface area contributed by atoms with Crippen molar-refractivity contribution in [2.24, 2.45) is 0 Å². The molecular formula is C17H16N4O4. The van der Waals surface area contributed by atoms with E-state index in [4.69, 9.17) is 10.00 Å². The SMILES string of the molecule is CCOC(=O)/C(C#N)=C/c1c(C)nn(-c2cccc([N+](=O)[O-])c2)c1C. The number of nitriles is 1. The van der Waals surface area contributed by atoms with Gasteiger partial charge in [-0.15, -0.1) is 0 Å². The van der Waals surface area contributed by atoms with E-state index in [2.05, 4.69) is 5.10 Å². The third-order valence-electron chi connectivity index (χ3n) is 3.54. The van der Waals surface area contributed by atoms with Crippen LogP contribution in [0, 0.1) is 35.3 Å². The highest BCUT2D eigenvalue weighted by Crippen LogP contribution is 2.23. The van der Waals surface area contributed by atoms with Gasteiger partial charge >= 0.3 is 5.97 Å². The molecule has 1 aromatic heterocycles. The molecule has 0 radical (unpaired) electrons. The van der Waals surface area contributed by atoms with Gasteiger partial charge in [-0.25, -0.2) is 9.48 Å². The lowest BCUT2D eigenvalue weighted by Crippen LogP contribution is -2.06. The maximum Gasteiger partial charge on any atom is 0.348 e. The molecule has 1 aromatic carbocycles. The number of nitrogens with zero attached hydrogens (tertiary/aromatic N) is 4. The van der Waals surface area contributed by atoms with Gasteiger partial charge in [-0.3, -0.25) is 10.1 Å². The first-order valence-electron chi connectivity index (χ1n) is 7.49. The highest BCUT2D eigenvalue weighted by atomic mass is 16.6. The summed E-state index contributed by atoms with van der Waals surface area (Å²) in [6.45, 7) is 5.31. The van der Waals surface area contributed by atoms with E-state index >= 15 is 0 Å². The molecule has 0 N–H and O–H groups in total. The Morgan fingerprint density at radius 2 is 2.20 bits per heavy atom. The Balaban J connectivity index is 2.52. The zero-order valence-corrected chi connectivity index (χ0v) is 14.0. The van der Waals surface area contributed by atoms with Gasteiger partial charge in [-0.05, 0) is 32.9 Å². The Bertz CT molecular complexity index is 906. The average Bonchev–Trinajstić information content (AvgIpc) is 2.87. The van der Waals surface area contributed by atoms with Crippen molar-refractivity contribution in [1.29, 1.82) is 5.26 Å². The van der Waals surface area contributed by atoms with Crippen molar-refractivity contribution in [3.8, 4) is 11.8 Å². The van der Waals surface area contributed by atoms with Crippen molar-refractivity contribution < 1.29 is 14.5 Å². The van der Waals surface area contributed by atoms with Gasteiger partial charge in [-0.1, -0.05) is 6.07 Å². The minimum Gasteiger partial charge on any atom is -0.462 e. The van der Waals surface area contributed by atoms with E-state index in [1.54, 1.807) is 32.9 Å². The monoisotopic (exact) mass is 340 g/mol. The lowest BCUT2D eigenvalue weighted by Gasteiger charge is -2.04. The molecule has 0 aliphatic heterocycles. The number of aryl methyl sites for hydroxylation is 1. The number of carbonyl (C=O) groups excluding carboxylic acids is 1. The number of nitro groups is 1. The summed E-state index contributed by atoms with van der Waals surface area (Å²) in [7, 11) is 0. The molecule has 128 valence electrons. The standard InChI is InChI=1S/C17H16N4O4/c1-4-25-17(22)13(10-18)8-16-11(2)19-20(12(16)3)14-6-5-7-15(9-14)21(23)24/h5-9H,4H2,1-3H3/b13-8+. The molecule has 0 bridgehead atoms. The third kappa shape index (κ3) is 3.72. The molecule has 0 fully saturated rings. The predicted octanol–water partition coefficient (Wildman–Crippen LogP) is 2.87. The van der Waals surface area contributed by atoms with Crippen molar-refractivity contribution in [3.63, 3.8) is 0 Å². The van der Waals surface area contributed by atoms with Crippen LogP contribution in [0.4, 0.5) is 5.69 Å². The Labute approximate surface area is 144 Å². The first kappa shape index (κ1) is 17.9. The van der Waals surface area contributed by atoms with Crippen molar-refractivity contribution in [3.05, 3.63) is 56.9 Å². The number of benzene rings is 1. The van der Waals surface area contributed by atoms with E-state index in [1.165, 1.54) is 22.9 Å². The third-order valence-corrected chi connectivity index (χ3v) is 3.54. The van der Waals surface area contributed by atoms with E-state index in [0.717, 1.165) is 0 Å². The van der Waals surface area contributed by atoms with Crippen LogP contribution < -0.4 is 0 Å². The number of hydrogen-bond donors (Lipinski definition) is 0. The van der Waals surface area contributed by atoms with Crippen molar-refractivity contribution in [1.82, 2.24) is 9.78 Å². The summed E-state index contributed by atoms with van der Waals surface area (Å²) in [5.74, 6) is -0.702. The summed E-state index contributed by atoms with van der Waals surface area (Å²) in [6, 6.07) is 7.88. The lowest BCUT2D eigenvalue weighted by atomic mass is 10.1. The largest absolute Gasteiger partial charge is 0.462 e. The lowest BCUT2D eigenvalue weighted by molar-refractivity contribution is -0.384. The zero-order chi connectivity index (χ0) is 18.6. The maximum atomic E-state index is 11.8. The van der Waals surface area contributed by atoms with Crippen LogP contribution in [0.25, 0.3) is 11.8 Å². The molecule has 8 nitrogen and oxygen atoms in total. The molecule has 1 heterocycles. The fraction of sp³-hybridized carbons (Fsp3) is 0.235. The quantitative estimate of drug-likeness (QED) is 0.272. The molecule has 0 spiro atoms. The van der Waals surface area contributed by atoms with Gasteiger partial charge in [0.15, 0.2) is 0 Å². The molecule has 25 heavy (non-hydrogen) atoms. The van der Waals surface area contributed by atoms with Crippen LogP contribution >= 0.6 is 0 Å². The molecule has 0 amide bonds. The summed E-state index contributed by atoms with van der Waals surface area (Å²) < 4.78 is 6.38. The Morgan fingerprint density at radius 1 is 1.48 bits per heavy atom. The normalized spacial score (nSPS) is 11.0. The van der Waals surface area contributed by atoms with E-state index in [-0.39, 0.29) is 17.9 Å². The first-order valence-corrected chi connectivity index (χ1v) is 7.49. The van der Waals surface area contributed by atoms with Crippen molar-refractivity contribution in [2.75, 3.05) is 6.61 Å². The molecule has 0 unspecified atom stereocenters. The fourth-order valence-corrected chi connectivity index (χ4v) is 2.34. The summed E-state index contributed by atoms with van der Waals surface area (Å²) in [6.07, 6.45) is 1.42. The van der Waals surface area contributed by atoms with E-state index < -0.39 is 10.9 Å². The van der Waals surface area contributed by atoms with Crippen LogP contribution in [0.15, 0.2) is 29.8 Å². The number of aromatic nitrogens is 2. The molecule has 2 aromatic rings. The number of carbonyl (C=O) groups is 1. The summed E-state index contributed by atoms with van der Waals surface area (Å²) in [5, 5.41) is 24.5. The number of non-ortho nitro benzene ring substituents is 1. The smallest absolute Gasteiger partial charge is 0.348 e. The van der Waals surface area contributed by atoms with Gasteiger partial charge in [0.25, 0.3) is 5.69 Å². The Kier molecular flexibility index (Phi) is 5.29. The molecular weight excluding hydrogens is 324 g/mol. The molecule has 8 heteroatoms. The zero-order valence-electron chi connectivity index (χ0n) is 14.0. The predicted molar refractivity (Wildman–Crippen MR) is 89.9 cm³/mol. The van der Waals surface area contributed by atoms with Crippen LogP contribution in [0.3, 0.4) is 0 Å². The summed E-state index contributed by atoms with van der Waals surface area (Å²) in [5.41, 5.74) is 2.16. The number of rotatable bonds is 5. The first-order chi connectivity index (χ1) is 11.9. The Morgan fingerprint density at radius 3 is 2.80 bits per heavy atom. The molecule has 0 aliphatic carbocycles. The maximum absolute atomic E-state index is 11.8. The van der Waals surface area contributed by atoms with Gasteiger partial charge < -0.3 is 4.74 Å². The van der Waals surface area contributed by atoms with Crippen LogP contribution in [-0.4, -0.2) is 27.3 Å². The molecule has 0 saturated heterocycles. The van der Waals surface area contributed by atoms with Crippen LogP contribution in [0.2, 0.25) is 0 Å². The van der Waals surface area contributed by atoms with Crippen molar-refractivity contribution in [2.45, 2.75) is 20.8 Å². The second-order valence-corrected chi connectivity index (χ2v) is 5.16. The highest BCUT2D eigenvalue weighted by molar-refractivity contribution is 5.98. The molecule has 2 rings (SSSR count). The van der Waals surface area contributed by atoms with Crippen LogP contribution in [0.5, 0.6) is 0 Å². The number of ether oxygens (including phenoxy) is 1. The average molecular weight is 340 g/mol. The van der Waals surface area contributed by atoms with Gasteiger partial charge in [0.1, 0.15) is 11.6 Å². The minimum absolute atomic E-state index is 0.0496. The van der Waals surface area contributed by atoms with Crippen molar-refractivity contribution >= 4 is 17.7 Å². The van der Waals surface area contributed by atoms with E-state index in [9.17, 15) is 14.9 Å². The van der Waals surface area contributed by atoms with Crippen LogP contribution in [-0.2, 0) is 9.53 Å². The molecule has 0 atom stereocenters. The second-order valence-electron chi connectivity index (χ2n) is 5.16. The number of hydrogen-bond acceptors (Lipinski definition) is 6. The van der Waals surface area contributed by atoms with E-state index in [1.807, 2.05) is 6.07 Å². The van der Waals surface area contributed by atoms with Gasteiger partial charge in [0.05, 0.1) is 22.9 Å². The Hall–Kier alpha value is -3.47. The minimum atomic E-state index is -0.702.